The minimum absolute atomic E-state index is 0.489. The summed E-state index contributed by atoms with van der Waals surface area (Å²) < 4.78 is 0. The number of aromatic nitrogens is 3. The molecule has 0 fully saturated rings. The predicted octanol–water partition coefficient (Wildman–Crippen LogP) is 25.3. The lowest BCUT2D eigenvalue weighted by molar-refractivity contribution is 1.09. The van der Waals surface area contributed by atoms with Gasteiger partial charge in [0.2, 0.25) is 0 Å². The van der Waals surface area contributed by atoms with Gasteiger partial charge in [-0.2, -0.15) is 0 Å². The Morgan fingerprint density at radius 1 is 0.170 bits per heavy atom. The number of hydrogen-bond donors (Lipinski definition) is 0. The summed E-state index contributed by atoms with van der Waals surface area (Å²) in [5.74, 6) is 1.77. The third kappa shape index (κ3) is 8.82. The van der Waals surface area contributed by atoms with E-state index in [1.54, 1.807) is 0 Å². The first kappa shape index (κ1) is 56.8. The Kier molecular flexibility index (Phi) is 13.1. The molecule has 0 atom stereocenters. The molecular weight excluding hydrogens is 1220 g/mol. The summed E-state index contributed by atoms with van der Waals surface area (Å²) in [6.07, 6.45) is 0. The van der Waals surface area contributed by atoms with E-state index >= 15 is 0 Å². The lowest BCUT2D eigenvalue weighted by Crippen LogP contribution is -2.26. The molecule has 0 saturated heterocycles. The maximum absolute atomic E-state index is 6.89. The molecule has 20 rings (SSSR count). The zero-order valence-corrected chi connectivity index (χ0v) is 54.2. The van der Waals surface area contributed by atoms with E-state index in [-0.39, 0.29) is 0 Å². The number of anilines is 12. The molecule has 2 aromatic heterocycles. The quantitative estimate of drug-likeness (QED) is 0.158. The Morgan fingerprint density at radius 2 is 0.360 bits per heavy atom. The minimum Gasteiger partial charge on any atom is -0.305 e. The van der Waals surface area contributed by atoms with Crippen LogP contribution in [-0.2, 0) is 0 Å². The van der Waals surface area contributed by atoms with Crippen molar-refractivity contribution in [2.24, 2.45) is 0 Å². The first-order valence-electron chi connectivity index (χ1n) is 34.1. The molecule has 0 aliphatic carbocycles. The third-order valence-corrected chi connectivity index (χ3v) is 20.3. The number of hydrogen-bond acceptors (Lipinski definition) is 7. The smallest absolute Gasteiger partial charge is 0.165 e. The maximum Gasteiger partial charge on any atom is 0.165 e. The normalized spacial score (nSPS) is 12.5. The summed E-state index contributed by atoms with van der Waals surface area (Å²) in [5, 5.41) is 0. The van der Waals surface area contributed by atoms with Crippen molar-refractivity contribution in [1.82, 2.24) is 15.0 Å². The Bertz CT molecular complexity index is 5360. The molecule has 0 radical (unpaired) electrons. The van der Waals surface area contributed by atoms with Crippen LogP contribution < -0.4 is 19.6 Å². The molecule has 7 heteroatoms. The van der Waals surface area contributed by atoms with Crippen LogP contribution in [-0.4, -0.2) is 15.0 Å². The predicted molar refractivity (Wildman–Crippen MR) is 413 cm³/mol. The van der Waals surface area contributed by atoms with Gasteiger partial charge in [-0.1, -0.05) is 303 Å². The van der Waals surface area contributed by atoms with Crippen LogP contribution in [0.15, 0.2) is 358 Å². The summed E-state index contributed by atoms with van der Waals surface area (Å²) in [4.78, 5) is 29.2. The van der Waals surface area contributed by atoms with Gasteiger partial charge in [0, 0.05) is 55.6 Å². The molecule has 466 valence electrons. The van der Waals surface area contributed by atoms with E-state index in [1.165, 1.54) is 0 Å². The van der Waals surface area contributed by atoms with Crippen LogP contribution in [0.1, 0.15) is 0 Å². The largest absolute Gasteiger partial charge is 0.305 e. The van der Waals surface area contributed by atoms with E-state index in [9.17, 15) is 0 Å². The van der Waals surface area contributed by atoms with Gasteiger partial charge < -0.3 is 9.80 Å². The van der Waals surface area contributed by atoms with Crippen molar-refractivity contribution in [3.63, 3.8) is 0 Å². The van der Waals surface area contributed by atoms with Gasteiger partial charge in [-0.05, 0) is 99.1 Å². The highest BCUT2D eigenvalue weighted by atomic mass is 15.3. The van der Waals surface area contributed by atoms with Crippen LogP contribution in [0.25, 0.3) is 123 Å². The molecule has 0 saturated carbocycles. The van der Waals surface area contributed by atoms with Crippen LogP contribution in [0.3, 0.4) is 0 Å². The second-order valence-corrected chi connectivity index (χ2v) is 25.7. The van der Waals surface area contributed by atoms with Gasteiger partial charge in [-0.25, -0.2) is 15.0 Å². The molecule has 16 aromatic rings. The Hall–Kier alpha value is -13.5. The molecule has 0 N–H and O–H groups in total. The third-order valence-electron chi connectivity index (χ3n) is 20.3. The second-order valence-electron chi connectivity index (χ2n) is 25.7. The van der Waals surface area contributed by atoms with E-state index in [0.717, 1.165) is 174 Å². The second kappa shape index (κ2) is 23.1. The molecule has 0 bridgehead atoms. The first-order valence-corrected chi connectivity index (χ1v) is 34.1. The molecule has 0 spiro atoms. The number of nitrogens with zero attached hydrogens (tertiary/aromatic N) is 7. The van der Waals surface area contributed by atoms with Gasteiger partial charge in [0.1, 0.15) is 11.4 Å². The average Bonchev–Trinajstić information content (AvgIpc) is 1.26. The topological polar surface area (TPSA) is 51.6 Å². The van der Waals surface area contributed by atoms with Crippen molar-refractivity contribution in [1.29, 1.82) is 0 Å². The van der Waals surface area contributed by atoms with Crippen molar-refractivity contribution in [3.05, 3.63) is 358 Å². The van der Waals surface area contributed by atoms with Crippen LogP contribution in [0.2, 0.25) is 0 Å². The van der Waals surface area contributed by atoms with Crippen molar-refractivity contribution in [2.45, 2.75) is 0 Å². The van der Waals surface area contributed by atoms with Gasteiger partial charge >= 0.3 is 0 Å². The fourth-order valence-corrected chi connectivity index (χ4v) is 16.0. The summed E-state index contributed by atoms with van der Waals surface area (Å²) in [5.41, 5.74) is 30.6. The van der Waals surface area contributed by atoms with E-state index in [2.05, 4.69) is 378 Å². The molecular formula is C93H59N7. The summed E-state index contributed by atoms with van der Waals surface area (Å²) in [6, 6.07) is 130. The van der Waals surface area contributed by atoms with E-state index in [0.29, 0.717) is 17.5 Å². The fraction of sp³-hybridized carbons (Fsp3) is 0. The first-order chi connectivity index (χ1) is 49.7. The zero-order chi connectivity index (χ0) is 65.8. The van der Waals surface area contributed by atoms with Crippen molar-refractivity contribution in [2.75, 3.05) is 19.6 Å². The molecule has 4 aliphatic heterocycles. The Balaban J connectivity index is 1.08. The number of fused-ring (bicyclic) bond motifs is 20. The van der Waals surface area contributed by atoms with Gasteiger partial charge in [0.15, 0.2) is 17.5 Å². The van der Waals surface area contributed by atoms with Crippen molar-refractivity contribution in [3.8, 4) is 123 Å². The minimum atomic E-state index is 0.489. The molecule has 4 aliphatic rings. The highest BCUT2D eigenvalue weighted by Crippen LogP contribution is 2.65. The van der Waals surface area contributed by atoms with Crippen LogP contribution in [0, 0.1) is 0 Å². The average molecular weight is 1270 g/mol. The maximum atomic E-state index is 6.89. The lowest BCUT2D eigenvalue weighted by atomic mass is 9.95. The lowest BCUT2D eigenvalue weighted by Gasteiger charge is -2.40. The molecule has 6 heterocycles. The number of rotatable bonds is 7. The molecule has 0 unspecified atom stereocenters. The van der Waals surface area contributed by atoms with E-state index in [4.69, 9.17) is 15.0 Å². The van der Waals surface area contributed by atoms with Crippen LogP contribution in [0.4, 0.5) is 68.5 Å². The molecule has 100 heavy (non-hydrogen) atoms. The van der Waals surface area contributed by atoms with Gasteiger partial charge in [-0.15, -0.1) is 0 Å². The van der Waals surface area contributed by atoms with Crippen molar-refractivity contribution >= 4 is 68.5 Å². The zero-order valence-electron chi connectivity index (χ0n) is 54.2. The Labute approximate surface area is 580 Å². The monoisotopic (exact) mass is 1270 g/mol. The highest BCUT2D eigenvalue weighted by Gasteiger charge is 2.43. The SMILES string of the molecule is c1ccc(-c2cc(-c3ccccc3)nc(-c3c(N4c5ccccc5-c5ccccc5-c5ccccc54)c(N4c5ccccc5-c5ccccc5-c5ccccc54)nc(N4c5ccccc5-c5ccccc5-c5ccccc54)c3N3c4ccccc4-c4ccccc4-c4ccccc43)n2)cc1. The summed E-state index contributed by atoms with van der Waals surface area (Å²) in [7, 11) is 0. The van der Waals surface area contributed by atoms with Gasteiger partial charge in [0.25, 0.3) is 0 Å². The summed E-state index contributed by atoms with van der Waals surface area (Å²) in [6.45, 7) is 0. The highest BCUT2D eigenvalue weighted by molar-refractivity contribution is 6.17. The van der Waals surface area contributed by atoms with E-state index in [1.807, 2.05) is 0 Å². The number of para-hydroxylation sites is 8. The Morgan fingerprint density at radius 3 is 0.590 bits per heavy atom. The number of benzene rings is 14. The van der Waals surface area contributed by atoms with E-state index < -0.39 is 0 Å². The van der Waals surface area contributed by atoms with Crippen molar-refractivity contribution < 1.29 is 0 Å². The fourth-order valence-electron chi connectivity index (χ4n) is 16.0. The molecule has 0 amide bonds. The molecule has 7 nitrogen and oxygen atoms in total. The van der Waals surface area contributed by atoms with Gasteiger partial charge in [0.05, 0.1) is 62.5 Å². The van der Waals surface area contributed by atoms with Crippen LogP contribution >= 0.6 is 0 Å². The summed E-state index contributed by atoms with van der Waals surface area (Å²) >= 11 is 0. The van der Waals surface area contributed by atoms with Crippen LogP contribution in [0.5, 0.6) is 0 Å². The molecule has 14 aromatic carbocycles. The number of pyridine rings is 1. The van der Waals surface area contributed by atoms with Gasteiger partial charge in [-0.3, -0.25) is 9.80 Å². The standard InChI is InChI=1S/C93H59N7/c1-3-31-60(32-4-1)78-59-79(61-33-5-2-6-34-61)95-91(94-78)88-89(97-80-51-23-15-43-70(80)62-35-7-8-36-63(62)71-44-16-24-52-81(71)97)92(99-84-55-27-19-47-74(84)66-39-11-12-40-67(66)75-48-20-28-56-85(75)99)96-93(100-86-57-29-21-49-76(86)68-41-13-14-42-69(68)77-50-22-30-58-87(77)100)90(88)98-82-53-25-17-45-72(82)64-37-9-10-38-65(64)73-46-18-26-54-83(73)98/h1-59H.